The van der Waals surface area contributed by atoms with Crippen molar-refractivity contribution < 1.29 is 22.4 Å². The number of rotatable bonds is 9. The molecule has 0 aliphatic heterocycles. The smallest absolute Gasteiger partial charge is 0.252 e. The zero-order valence-electron chi connectivity index (χ0n) is 16.5. The number of nitrogens with one attached hydrogen (secondary N) is 3. The standard InChI is InChI=1S/C20H23ClFN3O4S/c1-13(2)18(25-30(28,29)17-10-6-5-9-16(17)22)20(27)24-12-11-23-19(26)14-7-3-4-8-15(14)21/h3-10,13,18,25H,11-12H2,1-2H3,(H,23,26)(H,24,27)/t18-/m0/s1. The Labute approximate surface area is 180 Å². The van der Waals surface area contributed by atoms with Gasteiger partial charge in [-0.3, -0.25) is 9.59 Å². The van der Waals surface area contributed by atoms with Crippen LogP contribution >= 0.6 is 11.6 Å². The maximum absolute atomic E-state index is 13.9. The van der Waals surface area contributed by atoms with Crippen molar-refractivity contribution in [2.45, 2.75) is 24.8 Å². The lowest BCUT2D eigenvalue weighted by atomic mass is 10.1. The monoisotopic (exact) mass is 455 g/mol. The topological polar surface area (TPSA) is 104 Å². The number of hydrogen-bond acceptors (Lipinski definition) is 4. The van der Waals surface area contributed by atoms with E-state index in [1.807, 2.05) is 0 Å². The first kappa shape index (κ1) is 23.8. The van der Waals surface area contributed by atoms with Crippen LogP contribution in [0.2, 0.25) is 5.02 Å². The zero-order valence-corrected chi connectivity index (χ0v) is 18.1. The largest absolute Gasteiger partial charge is 0.353 e. The van der Waals surface area contributed by atoms with Gasteiger partial charge < -0.3 is 10.6 Å². The van der Waals surface area contributed by atoms with E-state index >= 15 is 0 Å². The van der Waals surface area contributed by atoms with Crippen molar-refractivity contribution >= 4 is 33.4 Å². The van der Waals surface area contributed by atoms with Gasteiger partial charge in [0.15, 0.2) is 0 Å². The Balaban J connectivity index is 1.94. The Morgan fingerprint density at radius 1 is 1.00 bits per heavy atom. The lowest BCUT2D eigenvalue weighted by Gasteiger charge is -2.22. The zero-order chi connectivity index (χ0) is 22.3. The molecule has 0 heterocycles. The molecular weight excluding hydrogens is 433 g/mol. The summed E-state index contributed by atoms with van der Waals surface area (Å²) in [5.74, 6) is -2.29. The average Bonchev–Trinajstić information content (AvgIpc) is 2.69. The minimum absolute atomic E-state index is 0.0691. The van der Waals surface area contributed by atoms with Crippen LogP contribution in [0.4, 0.5) is 4.39 Å². The Morgan fingerprint density at radius 2 is 1.60 bits per heavy atom. The second-order valence-electron chi connectivity index (χ2n) is 6.80. The quantitative estimate of drug-likeness (QED) is 0.505. The molecule has 0 fully saturated rings. The van der Waals surface area contributed by atoms with Crippen LogP contribution in [0.15, 0.2) is 53.4 Å². The van der Waals surface area contributed by atoms with Crippen LogP contribution in [0.3, 0.4) is 0 Å². The normalized spacial score (nSPS) is 12.4. The van der Waals surface area contributed by atoms with Gasteiger partial charge in [0.25, 0.3) is 5.91 Å². The van der Waals surface area contributed by atoms with Gasteiger partial charge >= 0.3 is 0 Å². The van der Waals surface area contributed by atoms with Crippen LogP contribution in [0.5, 0.6) is 0 Å². The van der Waals surface area contributed by atoms with Crippen LogP contribution in [0.25, 0.3) is 0 Å². The molecular formula is C20H23ClFN3O4S. The summed E-state index contributed by atoms with van der Waals surface area (Å²) in [5, 5.41) is 5.49. The fraction of sp³-hybridized carbons (Fsp3) is 0.300. The first-order valence-electron chi connectivity index (χ1n) is 9.20. The van der Waals surface area contributed by atoms with Crippen LogP contribution in [0.1, 0.15) is 24.2 Å². The number of carbonyl (C=O) groups excluding carboxylic acids is 2. The summed E-state index contributed by atoms with van der Waals surface area (Å²) in [5.41, 5.74) is 0.309. The van der Waals surface area contributed by atoms with Crippen LogP contribution in [-0.4, -0.2) is 39.4 Å². The number of amides is 2. The predicted molar refractivity (Wildman–Crippen MR) is 112 cm³/mol. The van der Waals surface area contributed by atoms with Gasteiger partial charge in [-0.25, -0.2) is 12.8 Å². The molecule has 7 nitrogen and oxygen atoms in total. The molecule has 162 valence electrons. The van der Waals surface area contributed by atoms with Crippen LogP contribution in [0, 0.1) is 11.7 Å². The lowest BCUT2D eigenvalue weighted by Crippen LogP contribution is -2.50. The summed E-state index contributed by atoms with van der Waals surface area (Å²) in [6.07, 6.45) is 0. The van der Waals surface area contributed by atoms with E-state index in [4.69, 9.17) is 11.6 Å². The molecule has 0 spiro atoms. The predicted octanol–water partition coefficient (Wildman–Crippen LogP) is 2.33. The maximum Gasteiger partial charge on any atom is 0.252 e. The number of benzene rings is 2. The van der Waals surface area contributed by atoms with E-state index in [9.17, 15) is 22.4 Å². The third-order valence-electron chi connectivity index (χ3n) is 4.19. The highest BCUT2D eigenvalue weighted by molar-refractivity contribution is 7.89. The number of carbonyl (C=O) groups is 2. The van der Waals surface area contributed by atoms with E-state index in [1.165, 1.54) is 12.1 Å². The molecule has 2 aromatic carbocycles. The highest BCUT2D eigenvalue weighted by Gasteiger charge is 2.29. The first-order valence-corrected chi connectivity index (χ1v) is 11.1. The molecule has 2 amide bonds. The summed E-state index contributed by atoms with van der Waals surface area (Å²) in [6.45, 7) is 3.50. The second-order valence-corrected chi connectivity index (χ2v) is 8.89. The first-order chi connectivity index (χ1) is 14.1. The van der Waals surface area contributed by atoms with Crippen molar-refractivity contribution in [3.05, 3.63) is 64.9 Å². The van der Waals surface area contributed by atoms with E-state index in [0.29, 0.717) is 10.6 Å². The van der Waals surface area contributed by atoms with Gasteiger partial charge in [0.05, 0.1) is 10.6 Å². The molecule has 0 aromatic heterocycles. The summed E-state index contributed by atoms with van der Waals surface area (Å²) in [6, 6.07) is 10.3. The molecule has 0 saturated heterocycles. The Bertz CT molecular complexity index is 1010. The minimum Gasteiger partial charge on any atom is -0.353 e. The Kier molecular flexibility index (Phi) is 8.33. The maximum atomic E-state index is 13.9. The highest BCUT2D eigenvalue weighted by Crippen LogP contribution is 2.16. The molecule has 10 heteroatoms. The molecule has 2 rings (SSSR count). The minimum atomic E-state index is -4.24. The van der Waals surface area contributed by atoms with Crippen LogP contribution in [-0.2, 0) is 14.8 Å². The van der Waals surface area contributed by atoms with Gasteiger partial charge in [-0.05, 0) is 30.2 Å². The third kappa shape index (κ3) is 6.25. The van der Waals surface area contributed by atoms with Crippen molar-refractivity contribution in [1.29, 1.82) is 0 Å². The molecule has 0 unspecified atom stereocenters. The summed E-state index contributed by atoms with van der Waals surface area (Å²) in [4.78, 5) is 24.0. The Hall–Kier alpha value is -2.49. The molecule has 3 N–H and O–H groups in total. The molecule has 2 aromatic rings. The molecule has 0 aliphatic carbocycles. The molecule has 0 radical (unpaired) electrons. The van der Waals surface area contributed by atoms with Gasteiger partial charge in [-0.2, -0.15) is 4.72 Å². The molecule has 30 heavy (non-hydrogen) atoms. The fourth-order valence-corrected chi connectivity index (χ4v) is 4.24. The van der Waals surface area contributed by atoms with Crippen LogP contribution < -0.4 is 15.4 Å². The van der Waals surface area contributed by atoms with E-state index in [-0.39, 0.29) is 13.1 Å². The van der Waals surface area contributed by atoms with Crippen molar-refractivity contribution in [1.82, 2.24) is 15.4 Å². The van der Waals surface area contributed by atoms with E-state index in [0.717, 1.165) is 12.1 Å². The van der Waals surface area contributed by atoms with E-state index in [1.54, 1.807) is 38.1 Å². The molecule has 0 aliphatic rings. The van der Waals surface area contributed by atoms with E-state index in [2.05, 4.69) is 15.4 Å². The highest BCUT2D eigenvalue weighted by atomic mass is 35.5. The average molecular weight is 456 g/mol. The van der Waals surface area contributed by atoms with Gasteiger partial charge in [-0.15, -0.1) is 0 Å². The lowest BCUT2D eigenvalue weighted by molar-refractivity contribution is -0.123. The van der Waals surface area contributed by atoms with Crippen molar-refractivity contribution in [2.24, 2.45) is 5.92 Å². The summed E-state index contributed by atoms with van der Waals surface area (Å²) >= 11 is 5.96. The number of hydrogen-bond donors (Lipinski definition) is 3. The van der Waals surface area contributed by atoms with Gasteiger partial charge in [0.2, 0.25) is 15.9 Å². The van der Waals surface area contributed by atoms with Crippen molar-refractivity contribution in [3.63, 3.8) is 0 Å². The summed E-state index contributed by atoms with van der Waals surface area (Å²) < 4.78 is 41.1. The van der Waals surface area contributed by atoms with Gasteiger partial charge in [-0.1, -0.05) is 49.7 Å². The molecule has 0 saturated carbocycles. The summed E-state index contributed by atoms with van der Waals surface area (Å²) in [7, 11) is -4.24. The van der Waals surface area contributed by atoms with Gasteiger partial charge in [0.1, 0.15) is 16.8 Å². The number of sulfonamides is 1. The third-order valence-corrected chi connectivity index (χ3v) is 5.99. The molecule has 0 bridgehead atoms. The van der Waals surface area contributed by atoms with Crippen molar-refractivity contribution in [3.8, 4) is 0 Å². The SMILES string of the molecule is CC(C)[C@H](NS(=O)(=O)c1ccccc1F)C(=O)NCCNC(=O)c1ccccc1Cl. The second kappa shape index (κ2) is 10.5. The molecule has 1 atom stereocenters. The fourth-order valence-electron chi connectivity index (χ4n) is 2.60. The van der Waals surface area contributed by atoms with E-state index < -0.39 is 44.5 Å². The number of halogens is 2. The van der Waals surface area contributed by atoms with Gasteiger partial charge in [0, 0.05) is 13.1 Å². The Morgan fingerprint density at radius 3 is 2.23 bits per heavy atom. The van der Waals surface area contributed by atoms with Crippen molar-refractivity contribution in [2.75, 3.05) is 13.1 Å².